The van der Waals surface area contributed by atoms with Gasteiger partial charge in [0, 0.05) is 26.1 Å². The van der Waals surface area contributed by atoms with Crippen LogP contribution in [0.15, 0.2) is 4.99 Å². The Morgan fingerprint density at radius 2 is 2.29 bits per heavy atom. The fraction of sp³-hybridized carbons (Fsp3) is 0.909. The Morgan fingerprint density at radius 1 is 1.29 bits per heavy atom. The van der Waals surface area contributed by atoms with Crippen molar-refractivity contribution in [3.05, 3.63) is 0 Å². The topological polar surface area (TPSA) is 33.6 Å². The van der Waals surface area contributed by atoms with Crippen LogP contribution < -0.4 is 5.32 Å². The highest BCUT2D eigenvalue weighted by Crippen LogP contribution is 2.11. The zero-order chi connectivity index (χ0) is 9.64. The van der Waals surface area contributed by atoms with E-state index in [4.69, 9.17) is 4.74 Å². The maximum atomic E-state index is 5.56. The van der Waals surface area contributed by atoms with Crippen molar-refractivity contribution in [3.8, 4) is 0 Å². The minimum absolute atomic E-state index is 0.431. The fourth-order valence-corrected chi connectivity index (χ4v) is 2.06. The van der Waals surface area contributed by atoms with Crippen molar-refractivity contribution in [1.82, 2.24) is 5.32 Å². The molecular weight excluding hydrogens is 176 g/mol. The van der Waals surface area contributed by atoms with E-state index in [0.29, 0.717) is 6.10 Å². The van der Waals surface area contributed by atoms with Crippen molar-refractivity contribution in [1.29, 1.82) is 0 Å². The molecule has 0 amide bonds. The van der Waals surface area contributed by atoms with Crippen LogP contribution in [0.25, 0.3) is 0 Å². The SMILES string of the molecule is C1CCN=C(NCC2CCCO2)CC1. The Hall–Kier alpha value is -0.570. The van der Waals surface area contributed by atoms with Crippen LogP contribution in [0.5, 0.6) is 0 Å². The molecule has 1 unspecified atom stereocenters. The van der Waals surface area contributed by atoms with Crippen LogP contribution in [0.2, 0.25) is 0 Å². The minimum Gasteiger partial charge on any atom is -0.376 e. The highest BCUT2D eigenvalue weighted by atomic mass is 16.5. The van der Waals surface area contributed by atoms with Gasteiger partial charge in [0.15, 0.2) is 0 Å². The van der Waals surface area contributed by atoms with Gasteiger partial charge < -0.3 is 10.1 Å². The third kappa shape index (κ3) is 2.98. The minimum atomic E-state index is 0.431. The number of nitrogens with one attached hydrogen (secondary N) is 1. The number of rotatable bonds is 2. The van der Waals surface area contributed by atoms with Crippen LogP contribution >= 0.6 is 0 Å². The number of hydrogen-bond acceptors (Lipinski definition) is 3. The second-order valence-electron chi connectivity index (χ2n) is 4.16. The second-order valence-corrected chi connectivity index (χ2v) is 4.16. The summed E-state index contributed by atoms with van der Waals surface area (Å²) in [6.07, 6.45) is 7.86. The quantitative estimate of drug-likeness (QED) is 0.729. The molecule has 0 radical (unpaired) electrons. The monoisotopic (exact) mass is 196 g/mol. The van der Waals surface area contributed by atoms with Crippen molar-refractivity contribution in [3.63, 3.8) is 0 Å². The van der Waals surface area contributed by atoms with E-state index in [2.05, 4.69) is 10.3 Å². The van der Waals surface area contributed by atoms with Crippen molar-refractivity contribution in [2.45, 2.75) is 44.6 Å². The molecule has 14 heavy (non-hydrogen) atoms. The highest BCUT2D eigenvalue weighted by molar-refractivity contribution is 5.82. The summed E-state index contributed by atoms with van der Waals surface area (Å²) in [5.74, 6) is 1.21. The van der Waals surface area contributed by atoms with Gasteiger partial charge in [0.1, 0.15) is 0 Å². The van der Waals surface area contributed by atoms with Gasteiger partial charge in [-0.2, -0.15) is 0 Å². The Bertz CT molecular complexity index is 197. The van der Waals surface area contributed by atoms with Crippen LogP contribution in [-0.4, -0.2) is 31.6 Å². The molecule has 0 aromatic heterocycles. The predicted molar refractivity (Wildman–Crippen MR) is 57.7 cm³/mol. The molecule has 2 rings (SSSR count). The van der Waals surface area contributed by atoms with Crippen LogP contribution in [-0.2, 0) is 4.74 Å². The summed E-state index contributed by atoms with van der Waals surface area (Å²) in [4.78, 5) is 4.53. The Labute approximate surface area is 85.9 Å². The van der Waals surface area contributed by atoms with Crippen LogP contribution in [0.1, 0.15) is 38.5 Å². The lowest BCUT2D eigenvalue weighted by Gasteiger charge is -2.12. The lowest BCUT2D eigenvalue weighted by molar-refractivity contribution is 0.114. The summed E-state index contributed by atoms with van der Waals surface area (Å²) in [5, 5.41) is 3.43. The van der Waals surface area contributed by atoms with E-state index in [-0.39, 0.29) is 0 Å². The van der Waals surface area contributed by atoms with Gasteiger partial charge in [-0.15, -0.1) is 0 Å². The van der Waals surface area contributed by atoms with Gasteiger partial charge in [0.05, 0.1) is 11.9 Å². The summed E-state index contributed by atoms with van der Waals surface area (Å²) in [6.45, 7) is 2.91. The van der Waals surface area contributed by atoms with E-state index >= 15 is 0 Å². The van der Waals surface area contributed by atoms with Gasteiger partial charge in [-0.1, -0.05) is 6.42 Å². The molecule has 2 aliphatic rings. The molecule has 0 spiro atoms. The predicted octanol–water partition coefficient (Wildman–Crippen LogP) is 1.73. The molecule has 0 aliphatic carbocycles. The van der Waals surface area contributed by atoms with Gasteiger partial charge >= 0.3 is 0 Å². The zero-order valence-electron chi connectivity index (χ0n) is 8.80. The highest BCUT2D eigenvalue weighted by Gasteiger charge is 2.15. The Morgan fingerprint density at radius 3 is 3.14 bits per heavy atom. The number of nitrogens with zero attached hydrogens (tertiary/aromatic N) is 1. The zero-order valence-corrected chi connectivity index (χ0v) is 8.80. The van der Waals surface area contributed by atoms with E-state index in [0.717, 1.165) is 26.1 Å². The molecule has 1 N–H and O–H groups in total. The molecule has 0 saturated carbocycles. The molecule has 80 valence electrons. The lowest BCUT2D eigenvalue weighted by Crippen LogP contribution is -2.31. The molecule has 2 aliphatic heterocycles. The first-order valence-corrected chi connectivity index (χ1v) is 5.84. The number of amidine groups is 1. The number of hydrogen-bond donors (Lipinski definition) is 1. The molecule has 0 aromatic rings. The summed E-state index contributed by atoms with van der Waals surface area (Å²) in [7, 11) is 0. The van der Waals surface area contributed by atoms with Crippen molar-refractivity contribution >= 4 is 5.84 Å². The smallest absolute Gasteiger partial charge is 0.0963 e. The number of ether oxygens (including phenoxy) is 1. The van der Waals surface area contributed by atoms with Gasteiger partial charge in [-0.25, -0.2) is 0 Å². The van der Waals surface area contributed by atoms with E-state index in [1.807, 2.05) is 0 Å². The summed E-state index contributed by atoms with van der Waals surface area (Å²) in [5.41, 5.74) is 0. The van der Waals surface area contributed by atoms with Gasteiger partial charge in [0.2, 0.25) is 0 Å². The molecule has 2 heterocycles. The van der Waals surface area contributed by atoms with Gasteiger partial charge in [0.25, 0.3) is 0 Å². The van der Waals surface area contributed by atoms with E-state index in [1.165, 1.54) is 37.9 Å². The molecule has 0 bridgehead atoms. The number of aliphatic imine (C=N–C) groups is 1. The van der Waals surface area contributed by atoms with Crippen molar-refractivity contribution < 1.29 is 4.74 Å². The standard InChI is InChI=1S/C11H20N2O/c1-2-6-11(12-7-3-1)13-9-10-5-4-8-14-10/h10H,1-9H2,(H,12,13). The first-order chi connectivity index (χ1) is 6.95. The van der Waals surface area contributed by atoms with E-state index in [1.54, 1.807) is 0 Å². The molecule has 3 nitrogen and oxygen atoms in total. The molecule has 1 saturated heterocycles. The van der Waals surface area contributed by atoms with E-state index in [9.17, 15) is 0 Å². The van der Waals surface area contributed by atoms with Crippen molar-refractivity contribution in [2.24, 2.45) is 4.99 Å². The maximum Gasteiger partial charge on any atom is 0.0963 e. The fourth-order valence-electron chi connectivity index (χ4n) is 2.06. The summed E-state index contributed by atoms with van der Waals surface area (Å²) in [6, 6.07) is 0. The largest absolute Gasteiger partial charge is 0.376 e. The molecule has 1 atom stereocenters. The average molecular weight is 196 g/mol. The third-order valence-corrected chi connectivity index (χ3v) is 2.93. The van der Waals surface area contributed by atoms with Gasteiger partial charge in [-0.05, 0) is 25.7 Å². The lowest BCUT2D eigenvalue weighted by atomic mass is 10.2. The molecular formula is C11H20N2O. The first kappa shape index (κ1) is 9.97. The molecule has 0 aromatic carbocycles. The van der Waals surface area contributed by atoms with Gasteiger partial charge in [-0.3, -0.25) is 4.99 Å². The maximum absolute atomic E-state index is 5.56. The van der Waals surface area contributed by atoms with E-state index < -0.39 is 0 Å². The van der Waals surface area contributed by atoms with Crippen LogP contribution in [0, 0.1) is 0 Å². The Balaban J connectivity index is 1.70. The second kappa shape index (κ2) is 5.35. The summed E-state index contributed by atoms with van der Waals surface area (Å²) >= 11 is 0. The molecule has 3 heteroatoms. The molecule has 1 fully saturated rings. The average Bonchev–Trinajstić information content (AvgIpc) is 2.58. The third-order valence-electron chi connectivity index (χ3n) is 2.93. The summed E-state index contributed by atoms with van der Waals surface area (Å²) < 4.78 is 5.56. The first-order valence-electron chi connectivity index (χ1n) is 5.84. The Kier molecular flexibility index (Phi) is 3.80. The van der Waals surface area contributed by atoms with Crippen LogP contribution in [0.4, 0.5) is 0 Å². The normalized spacial score (nSPS) is 28.3. The van der Waals surface area contributed by atoms with Crippen LogP contribution in [0.3, 0.4) is 0 Å². The van der Waals surface area contributed by atoms with Crippen molar-refractivity contribution in [2.75, 3.05) is 19.7 Å².